The highest BCUT2D eigenvalue weighted by Crippen LogP contribution is 2.35. The molecule has 1 aliphatic heterocycles. The molecule has 1 aromatic carbocycles. The molecule has 0 atom stereocenters. The molecule has 4 rings (SSSR count). The van der Waals surface area contributed by atoms with Crippen molar-refractivity contribution in [1.82, 2.24) is 20.3 Å². The Balaban J connectivity index is 1.71. The van der Waals surface area contributed by atoms with E-state index in [1.54, 1.807) is 12.2 Å². The van der Waals surface area contributed by atoms with Crippen LogP contribution in [0.1, 0.15) is 17.1 Å². The average molecular weight is 500 g/mol. The standard InChI is InChI=1S/C18H11Br2F3N4/c19-10-6-12(20)16-14(7-10)26-17(27-16)13-4-3-9(8-25-13)15-11(18(21,22)23)2-1-5-24-15/h1-7,25H,8H2,(H,26,27). The average Bonchev–Trinajstić information content (AvgIpc) is 3.05. The Hall–Kier alpha value is -2.13. The number of nitrogens with one attached hydrogen (secondary N) is 2. The van der Waals surface area contributed by atoms with Crippen LogP contribution in [-0.4, -0.2) is 21.5 Å². The van der Waals surface area contributed by atoms with Crippen molar-refractivity contribution in [1.29, 1.82) is 0 Å². The van der Waals surface area contributed by atoms with Crippen molar-refractivity contribution in [3.05, 3.63) is 68.6 Å². The van der Waals surface area contributed by atoms with Crippen LogP contribution >= 0.6 is 31.9 Å². The van der Waals surface area contributed by atoms with Crippen molar-refractivity contribution >= 4 is 54.2 Å². The van der Waals surface area contributed by atoms with Crippen LogP contribution in [0.5, 0.6) is 0 Å². The number of aromatic nitrogens is 3. The fourth-order valence-corrected chi connectivity index (χ4v) is 4.19. The SMILES string of the molecule is FC(F)(F)c1cccnc1C1=CC=C(c2nc3c(Br)cc(Br)cc3[nH]2)NC1. The molecule has 0 aliphatic carbocycles. The first-order valence-electron chi connectivity index (χ1n) is 7.85. The van der Waals surface area contributed by atoms with Gasteiger partial charge in [-0.25, -0.2) is 4.98 Å². The van der Waals surface area contributed by atoms with E-state index in [1.165, 1.54) is 12.3 Å². The van der Waals surface area contributed by atoms with E-state index in [2.05, 4.69) is 52.1 Å². The molecule has 3 aromatic rings. The molecule has 9 heteroatoms. The Labute approximate surface area is 168 Å². The molecule has 0 bridgehead atoms. The Morgan fingerprint density at radius 2 is 1.93 bits per heavy atom. The number of hydrogen-bond donors (Lipinski definition) is 2. The number of H-pyrrole nitrogens is 1. The maximum Gasteiger partial charge on any atom is 0.418 e. The smallest absolute Gasteiger partial charge is 0.378 e. The predicted molar refractivity (Wildman–Crippen MR) is 105 cm³/mol. The summed E-state index contributed by atoms with van der Waals surface area (Å²) in [6, 6.07) is 6.13. The molecule has 0 saturated carbocycles. The zero-order valence-corrected chi connectivity index (χ0v) is 16.7. The van der Waals surface area contributed by atoms with Crippen LogP contribution in [0, 0.1) is 0 Å². The molecule has 138 valence electrons. The first-order valence-corrected chi connectivity index (χ1v) is 9.44. The Bertz CT molecular complexity index is 1100. The van der Waals surface area contributed by atoms with Crippen molar-refractivity contribution in [2.24, 2.45) is 0 Å². The van der Waals surface area contributed by atoms with Gasteiger partial charge in [0.05, 0.1) is 22.5 Å². The number of pyridine rings is 1. The predicted octanol–water partition coefficient (Wildman–Crippen LogP) is 5.53. The third-order valence-corrected chi connectivity index (χ3v) is 5.16. The molecule has 27 heavy (non-hydrogen) atoms. The molecule has 0 unspecified atom stereocenters. The number of imidazole rings is 1. The number of fused-ring (bicyclic) bond motifs is 1. The van der Waals surface area contributed by atoms with E-state index in [9.17, 15) is 13.2 Å². The number of aromatic amines is 1. The molecule has 1 aliphatic rings. The minimum absolute atomic E-state index is 0.0657. The fourth-order valence-electron chi connectivity index (χ4n) is 2.88. The van der Waals surface area contributed by atoms with E-state index in [-0.39, 0.29) is 12.2 Å². The molecule has 0 saturated heterocycles. The summed E-state index contributed by atoms with van der Waals surface area (Å²) in [4.78, 5) is 11.7. The number of alkyl halides is 3. The molecule has 2 N–H and O–H groups in total. The summed E-state index contributed by atoms with van der Waals surface area (Å²) in [5, 5.41) is 3.12. The fraction of sp³-hybridized carbons (Fsp3) is 0.111. The topological polar surface area (TPSA) is 53.6 Å². The normalized spacial score (nSPS) is 14.7. The number of dihydropyridines is 1. The first kappa shape index (κ1) is 18.2. The molecule has 0 amide bonds. The number of allylic oxidation sites excluding steroid dienone is 2. The van der Waals surface area contributed by atoms with E-state index in [4.69, 9.17) is 0 Å². The molecule has 2 aromatic heterocycles. The lowest BCUT2D eigenvalue weighted by atomic mass is 10.0. The van der Waals surface area contributed by atoms with Gasteiger partial charge in [-0.3, -0.25) is 4.98 Å². The Morgan fingerprint density at radius 1 is 1.11 bits per heavy atom. The third kappa shape index (κ3) is 3.53. The lowest BCUT2D eigenvalue weighted by Crippen LogP contribution is -2.21. The van der Waals surface area contributed by atoms with Gasteiger partial charge in [-0.15, -0.1) is 0 Å². The summed E-state index contributed by atoms with van der Waals surface area (Å²) in [6.07, 6.45) is 0.252. The number of benzene rings is 1. The molecular weight excluding hydrogens is 489 g/mol. The summed E-state index contributed by atoms with van der Waals surface area (Å²) in [5.41, 5.74) is 1.97. The summed E-state index contributed by atoms with van der Waals surface area (Å²) in [6.45, 7) is 0.216. The van der Waals surface area contributed by atoms with Gasteiger partial charge in [0, 0.05) is 21.7 Å². The van der Waals surface area contributed by atoms with Gasteiger partial charge >= 0.3 is 6.18 Å². The van der Waals surface area contributed by atoms with Gasteiger partial charge in [0.1, 0.15) is 5.52 Å². The van der Waals surface area contributed by atoms with Crippen LogP contribution in [0.4, 0.5) is 13.2 Å². The summed E-state index contributed by atoms with van der Waals surface area (Å²) < 4.78 is 41.4. The van der Waals surface area contributed by atoms with Crippen LogP contribution < -0.4 is 5.32 Å². The monoisotopic (exact) mass is 498 g/mol. The van der Waals surface area contributed by atoms with Gasteiger partial charge in [-0.05, 0) is 51.8 Å². The van der Waals surface area contributed by atoms with Gasteiger partial charge in [0.2, 0.25) is 0 Å². The minimum atomic E-state index is -4.45. The zero-order valence-electron chi connectivity index (χ0n) is 13.5. The maximum absolute atomic E-state index is 13.2. The van der Waals surface area contributed by atoms with E-state index in [1.807, 2.05) is 12.1 Å². The number of hydrogen-bond acceptors (Lipinski definition) is 3. The number of nitrogens with zero attached hydrogens (tertiary/aromatic N) is 2. The highest BCUT2D eigenvalue weighted by molar-refractivity contribution is 9.11. The van der Waals surface area contributed by atoms with Gasteiger partial charge in [-0.1, -0.05) is 22.0 Å². The highest BCUT2D eigenvalue weighted by Gasteiger charge is 2.34. The van der Waals surface area contributed by atoms with Crippen molar-refractivity contribution in [2.75, 3.05) is 6.54 Å². The lowest BCUT2D eigenvalue weighted by Gasteiger charge is -2.18. The second-order valence-corrected chi connectivity index (χ2v) is 7.66. The lowest BCUT2D eigenvalue weighted by molar-refractivity contribution is -0.138. The molecule has 0 fully saturated rings. The van der Waals surface area contributed by atoms with Gasteiger partial charge in [0.15, 0.2) is 5.82 Å². The highest BCUT2D eigenvalue weighted by atomic mass is 79.9. The number of rotatable bonds is 2. The largest absolute Gasteiger partial charge is 0.418 e. The van der Waals surface area contributed by atoms with Crippen molar-refractivity contribution in [3.8, 4) is 0 Å². The van der Waals surface area contributed by atoms with Crippen LogP contribution in [0.3, 0.4) is 0 Å². The van der Waals surface area contributed by atoms with Crippen molar-refractivity contribution < 1.29 is 13.2 Å². The summed E-state index contributed by atoms with van der Waals surface area (Å²) >= 11 is 6.90. The second-order valence-electron chi connectivity index (χ2n) is 5.89. The Morgan fingerprint density at radius 3 is 2.63 bits per heavy atom. The van der Waals surface area contributed by atoms with Crippen LogP contribution in [0.25, 0.3) is 22.3 Å². The molecule has 3 heterocycles. The van der Waals surface area contributed by atoms with Crippen molar-refractivity contribution in [3.63, 3.8) is 0 Å². The molecule has 0 spiro atoms. The quantitative estimate of drug-likeness (QED) is 0.487. The molecule has 4 nitrogen and oxygen atoms in total. The maximum atomic E-state index is 13.2. The van der Waals surface area contributed by atoms with Gasteiger partial charge in [0.25, 0.3) is 0 Å². The number of halogens is 5. The summed E-state index contributed by atoms with van der Waals surface area (Å²) in [7, 11) is 0. The Kier molecular flexibility index (Phi) is 4.59. The molecule has 0 radical (unpaired) electrons. The van der Waals surface area contributed by atoms with Crippen LogP contribution in [0.15, 0.2) is 51.6 Å². The minimum Gasteiger partial charge on any atom is -0.378 e. The summed E-state index contributed by atoms with van der Waals surface area (Å²) in [5.74, 6) is 0.608. The van der Waals surface area contributed by atoms with Gasteiger partial charge in [-0.2, -0.15) is 13.2 Å². The zero-order chi connectivity index (χ0) is 19.2. The van der Waals surface area contributed by atoms with Crippen LogP contribution in [0.2, 0.25) is 0 Å². The second kappa shape index (κ2) is 6.79. The molecular formula is C18H11Br2F3N4. The van der Waals surface area contributed by atoms with E-state index in [0.29, 0.717) is 17.1 Å². The first-order chi connectivity index (χ1) is 12.8. The van der Waals surface area contributed by atoms with Gasteiger partial charge < -0.3 is 10.3 Å². The van der Waals surface area contributed by atoms with Crippen LogP contribution in [-0.2, 0) is 6.18 Å². The van der Waals surface area contributed by atoms with E-state index < -0.39 is 11.7 Å². The van der Waals surface area contributed by atoms with E-state index in [0.717, 1.165) is 26.0 Å². The van der Waals surface area contributed by atoms with E-state index >= 15 is 0 Å². The van der Waals surface area contributed by atoms with Crippen molar-refractivity contribution in [2.45, 2.75) is 6.18 Å². The third-order valence-electron chi connectivity index (χ3n) is 4.10.